The number of carbonyl (C=O) groups excluding carboxylic acids is 1. The summed E-state index contributed by atoms with van der Waals surface area (Å²) >= 11 is 0. The van der Waals surface area contributed by atoms with Gasteiger partial charge in [0.25, 0.3) is 0 Å². The van der Waals surface area contributed by atoms with Gasteiger partial charge in [0.15, 0.2) is 5.58 Å². The first kappa shape index (κ1) is 12.6. The Morgan fingerprint density at radius 2 is 2.25 bits per heavy atom. The number of aromatic nitrogens is 1. The van der Waals surface area contributed by atoms with Crippen molar-refractivity contribution < 1.29 is 9.21 Å². The van der Waals surface area contributed by atoms with E-state index in [0.29, 0.717) is 41.5 Å². The van der Waals surface area contributed by atoms with Crippen LogP contribution in [0.5, 0.6) is 0 Å². The van der Waals surface area contributed by atoms with Crippen LogP contribution in [0.15, 0.2) is 21.3 Å². The summed E-state index contributed by atoms with van der Waals surface area (Å²) < 4.78 is 4.91. The maximum Gasteiger partial charge on any atom is 0.417 e. The molecule has 0 saturated heterocycles. The topological polar surface area (TPSA) is 113 Å². The highest BCUT2D eigenvalue weighted by atomic mass is 16.4. The highest BCUT2D eigenvalue weighted by Crippen LogP contribution is 2.24. The molecule has 2 aromatic rings. The lowest BCUT2D eigenvalue weighted by Crippen LogP contribution is -2.27. The van der Waals surface area contributed by atoms with Crippen molar-refractivity contribution in [3.8, 4) is 0 Å². The van der Waals surface area contributed by atoms with Gasteiger partial charge in [0.2, 0.25) is 5.91 Å². The fourth-order valence-corrected chi connectivity index (χ4v) is 2.00. The fraction of sp³-hybridized carbons (Fsp3) is 0.385. The molecule has 20 heavy (non-hydrogen) atoms. The second kappa shape index (κ2) is 4.92. The molecule has 0 unspecified atom stereocenters. The number of anilines is 2. The van der Waals surface area contributed by atoms with E-state index in [2.05, 4.69) is 15.6 Å². The summed E-state index contributed by atoms with van der Waals surface area (Å²) in [7, 11) is 0. The lowest BCUT2D eigenvalue weighted by molar-refractivity contribution is -0.120. The maximum atomic E-state index is 11.5. The van der Waals surface area contributed by atoms with Crippen molar-refractivity contribution in [2.24, 2.45) is 0 Å². The molecule has 0 radical (unpaired) electrons. The molecule has 0 aliphatic heterocycles. The Morgan fingerprint density at radius 1 is 1.45 bits per heavy atom. The van der Waals surface area contributed by atoms with Gasteiger partial charge >= 0.3 is 5.76 Å². The number of amides is 1. The zero-order valence-corrected chi connectivity index (χ0v) is 10.9. The van der Waals surface area contributed by atoms with Crippen LogP contribution >= 0.6 is 0 Å². The molecule has 5 N–H and O–H groups in total. The second-order valence-electron chi connectivity index (χ2n) is 4.97. The van der Waals surface area contributed by atoms with E-state index in [1.54, 1.807) is 12.1 Å². The van der Waals surface area contributed by atoms with Gasteiger partial charge in [-0.05, 0) is 18.9 Å². The predicted octanol–water partition coefficient (Wildman–Crippen LogP) is 0.784. The van der Waals surface area contributed by atoms with E-state index in [1.165, 1.54) is 0 Å². The number of hydrogen-bond donors (Lipinski definition) is 4. The smallest absolute Gasteiger partial charge is 0.408 e. The minimum atomic E-state index is -0.514. The number of aromatic amines is 1. The van der Waals surface area contributed by atoms with Crippen LogP contribution in [0, 0.1) is 0 Å². The largest absolute Gasteiger partial charge is 0.417 e. The number of carbonyl (C=O) groups is 1. The van der Waals surface area contributed by atoms with Crippen molar-refractivity contribution in [3.63, 3.8) is 0 Å². The summed E-state index contributed by atoms with van der Waals surface area (Å²) in [6, 6.07) is 3.66. The maximum absolute atomic E-state index is 11.5. The van der Waals surface area contributed by atoms with Crippen LogP contribution < -0.4 is 22.1 Å². The van der Waals surface area contributed by atoms with Crippen LogP contribution in [0.4, 0.5) is 11.4 Å². The molecule has 7 heteroatoms. The van der Waals surface area contributed by atoms with Crippen molar-refractivity contribution in [2.75, 3.05) is 17.6 Å². The molecule has 1 aromatic heterocycles. The second-order valence-corrected chi connectivity index (χ2v) is 4.97. The molecular formula is C13H16N4O3. The summed E-state index contributed by atoms with van der Waals surface area (Å²) in [6.07, 6.45) is 2.54. The van der Waals surface area contributed by atoms with Crippen LogP contribution in [-0.2, 0) is 4.79 Å². The first-order chi connectivity index (χ1) is 9.61. The van der Waals surface area contributed by atoms with E-state index in [-0.39, 0.29) is 5.91 Å². The fourth-order valence-electron chi connectivity index (χ4n) is 2.00. The van der Waals surface area contributed by atoms with Crippen LogP contribution in [0.1, 0.15) is 19.3 Å². The van der Waals surface area contributed by atoms with Crippen molar-refractivity contribution in [2.45, 2.75) is 25.3 Å². The van der Waals surface area contributed by atoms with Gasteiger partial charge in [-0.1, -0.05) is 0 Å². The molecule has 1 heterocycles. The first-order valence-electron chi connectivity index (χ1n) is 6.57. The van der Waals surface area contributed by atoms with Gasteiger partial charge in [-0.3, -0.25) is 9.78 Å². The molecule has 1 saturated carbocycles. The van der Waals surface area contributed by atoms with Crippen molar-refractivity contribution in [1.29, 1.82) is 0 Å². The van der Waals surface area contributed by atoms with Crippen LogP contribution in [-0.4, -0.2) is 23.5 Å². The Morgan fingerprint density at radius 3 is 3.00 bits per heavy atom. The standard InChI is InChI=1S/C13H16N4O3/c14-8-5-11-10(17-13(19)20-11)6-9(8)15-4-3-12(18)16-7-1-2-7/h5-7,15H,1-4,14H2,(H,16,18)(H,17,19). The van der Waals surface area contributed by atoms with Gasteiger partial charge in [-0.25, -0.2) is 4.79 Å². The number of benzene rings is 1. The molecule has 0 spiro atoms. The Kier molecular flexibility index (Phi) is 3.09. The summed E-state index contributed by atoms with van der Waals surface area (Å²) in [5.74, 6) is -0.475. The highest BCUT2D eigenvalue weighted by molar-refractivity contribution is 5.85. The van der Waals surface area contributed by atoms with Crippen LogP contribution in [0.3, 0.4) is 0 Å². The predicted molar refractivity (Wildman–Crippen MR) is 75.5 cm³/mol. The molecule has 1 aliphatic carbocycles. The minimum absolute atomic E-state index is 0.0383. The molecule has 106 valence electrons. The van der Waals surface area contributed by atoms with Crippen LogP contribution in [0.25, 0.3) is 11.1 Å². The van der Waals surface area contributed by atoms with Gasteiger partial charge in [0.1, 0.15) is 0 Å². The number of oxazole rings is 1. The first-order valence-corrected chi connectivity index (χ1v) is 6.57. The van der Waals surface area contributed by atoms with E-state index in [4.69, 9.17) is 10.2 Å². The SMILES string of the molecule is Nc1cc2oc(=O)[nH]c2cc1NCCC(=O)NC1CC1. The van der Waals surface area contributed by atoms with Gasteiger partial charge in [-0.15, -0.1) is 0 Å². The molecule has 1 amide bonds. The average Bonchev–Trinajstić information content (AvgIpc) is 3.11. The lowest BCUT2D eigenvalue weighted by atomic mass is 10.2. The molecule has 3 rings (SSSR count). The summed E-state index contributed by atoms with van der Waals surface area (Å²) in [4.78, 5) is 25.2. The number of H-pyrrole nitrogens is 1. The van der Waals surface area contributed by atoms with Gasteiger partial charge in [-0.2, -0.15) is 0 Å². The quantitative estimate of drug-likeness (QED) is 0.603. The number of nitrogens with one attached hydrogen (secondary N) is 3. The average molecular weight is 276 g/mol. The molecule has 0 bridgehead atoms. The van der Waals surface area contributed by atoms with Crippen LogP contribution in [0.2, 0.25) is 0 Å². The molecule has 1 aliphatic rings. The third-order valence-electron chi connectivity index (χ3n) is 3.20. The van der Waals surface area contributed by atoms with E-state index in [9.17, 15) is 9.59 Å². The van der Waals surface area contributed by atoms with Gasteiger partial charge in [0.05, 0.1) is 16.9 Å². The van der Waals surface area contributed by atoms with Crippen molar-refractivity contribution in [3.05, 3.63) is 22.7 Å². The number of rotatable bonds is 5. The van der Waals surface area contributed by atoms with E-state index >= 15 is 0 Å². The molecule has 1 aromatic carbocycles. The summed E-state index contributed by atoms with van der Waals surface area (Å²) in [6.45, 7) is 0.482. The number of nitrogens with two attached hydrogens (primary N) is 1. The Balaban J connectivity index is 1.62. The third kappa shape index (κ3) is 2.76. The number of nitrogen functional groups attached to an aromatic ring is 1. The minimum Gasteiger partial charge on any atom is -0.408 e. The van der Waals surface area contributed by atoms with E-state index in [0.717, 1.165) is 12.8 Å². The van der Waals surface area contributed by atoms with Gasteiger partial charge < -0.3 is 20.8 Å². The van der Waals surface area contributed by atoms with Crippen molar-refractivity contribution >= 4 is 28.4 Å². The molecule has 7 nitrogen and oxygen atoms in total. The molecule has 1 fully saturated rings. The molecular weight excluding hydrogens is 260 g/mol. The zero-order chi connectivity index (χ0) is 14.1. The van der Waals surface area contributed by atoms with Crippen molar-refractivity contribution in [1.82, 2.24) is 10.3 Å². The summed E-state index contributed by atoms with van der Waals surface area (Å²) in [5.41, 5.74) is 8.01. The van der Waals surface area contributed by atoms with E-state index < -0.39 is 5.76 Å². The van der Waals surface area contributed by atoms with Gasteiger partial charge in [0, 0.05) is 25.1 Å². The molecule has 0 atom stereocenters. The Hall–Kier alpha value is -2.44. The monoisotopic (exact) mass is 276 g/mol. The lowest BCUT2D eigenvalue weighted by Gasteiger charge is -2.09. The number of fused-ring (bicyclic) bond motifs is 1. The Labute approximate surface area is 114 Å². The Bertz CT molecular complexity index is 699. The normalized spacial score (nSPS) is 14.4. The summed E-state index contributed by atoms with van der Waals surface area (Å²) in [5, 5.41) is 6.00. The third-order valence-corrected chi connectivity index (χ3v) is 3.20. The van der Waals surface area contributed by atoms with E-state index in [1.807, 2.05) is 0 Å². The zero-order valence-electron chi connectivity index (χ0n) is 10.9. The highest BCUT2D eigenvalue weighted by Gasteiger charge is 2.22. The number of hydrogen-bond acceptors (Lipinski definition) is 5.